The van der Waals surface area contributed by atoms with Crippen molar-refractivity contribution in [2.24, 2.45) is 0 Å². The quantitative estimate of drug-likeness (QED) is 0.581. The van der Waals surface area contributed by atoms with Crippen molar-refractivity contribution in [1.29, 1.82) is 0 Å². The second kappa shape index (κ2) is 6.08. The predicted molar refractivity (Wildman–Crippen MR) is 57.8 cm³/mol. The van der Waals surface area contributed by atoms with Crippen LogP contribution in [-0.4, -0.2) is 34.9 Å². The molecule has 1 aliphatic carbocycles. The number of hydrogen-bond donors (Lipinski definition) is 3. The summed E-state index contributed by atoms with van der Waals surface area (Å²) in [6, 6.07) is 0. The van der Waals surface area contributed by atoms with Crippen LogP contribution in [0.5, 0.6) is 0 Å². The zero-order chi connectivity index (χ0) is 11.1. The number of aliphatic carboxylic acids is 1. The average molecular weight is 215 g/mol. The Balaban J connectivity index is 2.23. The van der Waals surface area contributed by atoms with Gasteiger partial charge in [0.15, 0.2) is 0 Å². The van der Waals surface area contributed by atoms with E-state index in [1.165, 1.54) is 6.42 Å². The van der Waals surface area contributed by atoms with Crippen LogP contribution in [0.4, 0.5) is 0 Å². The number of carboxylic acid groups (broad SMARTS) is 1. The highest BCUT2D eigenvalue weighted by Gasteiger charge is 2.30. The average Bonchev–Trinajstić information content (AvgIpc) is 2.26. The van der Waals surface area contributed by atoms with Crippen LogP contribution in [0.25, 0.3) is 0 Å². The SMILES string of the molecule is O=C(O)CCCNC1(CO)CCCCC1. The molecule has 0 heterocycles. The first-order valence-corrected chi connectivity index (χ1v) is 5.76. The Labute approximate surface area is 90.7 Å². The van der Waals surface area contributed by atoms with E-state index < -0.39 is 5.97 Å². The molecule has 0 aromatic carbocycles. The molecule has 0 amide bonds. The summed E-state index contributed by atoms with van der Waals surface area (Å²) < 4.78 is 0. The van der Waals surface area contributed by atoms with E-state index >= 15 is 0 Å². The molecule has 0 bridgehead atoms. The molecular weight excluding hydrogens is 194 g/mol. The van der Waals surface area contributed by atoms with Crippen molar-refractivity contribution in [3.63, 3.8) is 0 Å². The maximum atomic E-state index is 10.3. The fourth-order valence-electron chi connectivity index (χ4n) is 2.21. The minimum Gasteiger partial charge on any atom is -0.481 e. The Morgan fingerprint density at radius 2 is 1.93 bits per heavy atom. The first-order chi connectivity index (χ1) is 7.18. The summed E-state index contributed by atoms with van der Waals surface area (Å²) in [7, 11) is 0. The van der Waals surface area contributed by atoms with E-state index in [9.17, 15) is 9.90 Å². The van der Waals surface area contributed by atoms with Crippen LogP contribution in [0.3, 0.4) is 0 Å². The molecule has 4 nitrogen and oxygen atoms in total. The summed E-state index contributed by atoms with van der Waals surface area (Å²) in [5.74, 6) is -0.751. The van der Waals surface area contributed by atoms with Crippen LogP contribution in [-0.2, 0) is 4.79 Å². The molecule has 1 fully saturated rings. The molecule has 15 heavy (non-hydrogen) atoms. The molecule has 0 saturated heterocycles. The van der Waals surface area contributed by atoms with E-state index in [0.717, 1.165) is 25.7 Å². The smallest absolute Gasteiger partial charge is 0.303 e. The van der Waals surface area contributed by atoms with Gasteiger partial charge in [-0.1, -0.05) is 19.3 Å². The van der Waals surface area contributed by atoms with Crippen molar-refractivity contribution >= 4 is 5.97 Å². The van der Waals surface area contributed by atoms with Crippen molar-refractivity contribution in [3.8, 4) is 0 Å². The van der Waals surface area contributed by atoms with Gasteiger partial charge in [0.05, 0.1) is 6.61 Å². The molecule has 0 spiro atoms. The number of carbonyl (C=O) groups is 1. The number of hydrogen-bond acceptors (Lipinski definition) is 3. The Bertz CT molecular complexity index is 200. The van der Waals surface area contributed by atoms with Gasteiger partial charge in [0.1, 0.15) is 0 Å². The zero-order valence-electron chi connectivity index (χ0n) is 9.17. The second-order valence-corrected chi connectivity index (χ2v) is 4.42. The van der Waals surface area contributed by atoms with Gasteiger partial charge in [-0.15, -0.1) is 0 Å². The Morgan fingerprint density at radius 3 is 2.47 bits per heavy atom. The van der Waals surface area contributed by atoms with Gasteiger partial charge in [-0.25, -0.2) is 0 Å². The van der Waals surface area contributed by atoms with Gasteiger partial charge in [-0.3, -0.25) is 4.79 Å². The number of carboxylic acids is 1. The van der Waals surface area contributed by atoms with Crippen LogP contribution < -0.4 is 5.32 Å². The van der Waals surface area contributed by atoms with E-state index in [2.05, 4.69) is 5.32 Å². The molecule has 0 aromatic heterocycles. The van der Waals surface area contributed by atoms with Crippen molar-refractivity contribution in [2.45, 2.75) is 50.5 Å². The highest BCUT2D eigenvalue weighted by atomic mass is 16.4. The van der Waals surface area contributed by atoms with Crippen molar-refractivity contribution in [3.05, 3.63) is 0 Å². The van der Waals surface area contributed by atoms with Crippen LogP contribution in [0.15, 0.2) is 0 Å². The molecule has 1 aliphatic rings. The molecule has 1 saturated carbocycles. The minimum atomic E-state index is -0.751. The van der Waals surface area contributed by atoms with E-state index in [1.807, 2.05) is 0 Å². The van der Waals surface area contributed by atoms with Crippen LogP contribution in [0, 0.1) is 0 Å². The maximum absolute atomic E-state index is 10.3. The van der Waals surface area contributed by atoms with Gasteiger partial charge in [-0.2, -0.15) is 0 Å². The van der Waals surface area contributed by atoms with Crippen molar-refractivity contribution < 1.29 is 15.0 Å². The van der Waals surface area contributed by atoms with Crippen LogP contribution >= 0.6 is 0 Å². The van der Waals surface area contributed by atoms with Crippen LogP contribution in [0.1, 0.15) is 44.9 Å². The largest absolute Gasteiger partial charge is 0.481 e. The molecule has 0 unspecified atom stereocenters. The van der Waals surface area contributed by atoms with Gasteiger partial charge in [0.25, 0.3) is 0 Å². The second-order valence-electron chi connectivity index (χ2n) is 4.42. The minimum absolute atomic E-state index is 0.128. The number of rotatable bonds is 6. The molecule has 4 heteroatoms. The summed E-state index contributed by atoms with van der Waals surface area (Å²) in [6.45, 7) is 0.854. The van der Waals surface area contributed by atoms with Gasteiger partial charge >= 0.3 is 5.97 Å². The first-order valence-electron chi connectivity index (χ1n) is 5.76. The summed E-state index contributed by atoms with van der Waals surface area (Å²) in [6.07, 6.45) is 6.43. The summed E-state index contributed by atoms with van der Waals surface area (Å²) in [4.78, 5) is 10.3. The fraction of sp³-hybridized carbons (Fsp3) is 0.909. The monoisotopic (exact) mass is 215 g/mol. The zero-order valence-corrected chi connectivity index (χ0v) is 9.17. The molecule has 3 N–H and O–H groups in total. The molecule has 88 valence electrons. The third kappa shape index (κ3) is 4.18. The standard InChI is InChI=1S/C11H21NO3/c13-9-11(6-2-1-3-7-11)12-8-4-5-10(14)15/h12-13H,1-9H2,(H,14,15). The Morgan fingerprint density at radius 1 is 1.27 bits per heavy atom. The van der Waals surface area contributed by atoms with Gasteiger partial charge in [0.2, 0.25) is 0 Å². The molecule has 0 radical (unpaired) electrons. The highest BCUT2D eigenvalue weighted by Crippen LogP contribution is 2.27. The molecular formula is C11H21NO3. The third-order valence-electron chi connectivity index (χ3n) is 3.18. The Hall–Kier alpha value is -0.610. The molecule has 0 aromatic rings. The van der Waals surface area contributed by atoms with Crippen molar-refractivity contribution in [1.82, 2.24) is 5.32 Å². The van der Waals surface area contributed by atoms with Gasteiger partial charge < -0.3 is 15.5 Å². The van der Waals surface area contributed by atoms with Crippen molar-refractivity contribution in [2.75, 3.05) is 13.2 Å². The normalized spacial score (nSPS) is 20.1. The fourth-order valence-corrected chi connectivity index (χ4v) is 2.21. The lowest BCUT2D eigenvalue weighted by molar-refractivity contribution is -0.137. The van der Waals surface area contributed by atoms with Gasteiger partial charge in [0, 0.05) is 12.0 Å². The van der Waals surface area contributed by atoms with E-state index in [4.69, 9.17) is 5.11 Å². The Kier molecular flexibility index (Phi) is 5.05. The number of aliphatic hydroxyl groups excluding tert-OH is 1. The topological polar surface area (TPSA) is 69.6 Å². The molecule has 1 rings (SSSR count). The molecule has 0 aliphatic heterocycles. The summed E-state index contributed by atoms with van der Waals surface area (Å²) in [5.41, 5.74) is -0.128. The number of aliphatic hydroxyl groups is 1. The lowest BCUT2D eigenvalue weighted by Crippen LogP contribution is -2.50. The lowest BCUT2D eigenvalue weighted by atomic mass is 9.82. The molecule has 0 atom stereocenters. The van der Waals surface area contributed by atoms with Gasteiger partial charge in [-0.05, 0) is 25.8 Å². The summed E-state index contributed by atoms with van der Waals surface area (Å²) >= 11 is 0. The first kappa shape index (κ1) is 12.5. The van der Waals surface area contributed by atoms with E-state index in [-0.39, 0.29) is 18.6 Å². The third-order valence-corrected chi connectivity index (χ3v) is 3.18. The maximum Gasteiger partial charge on any atom is 0.303 e. The number of nitrogens with one attached hydrogen (secondary N) is 1. The van der Waals surface area contributed by atoms with E-state index in [0.29, 0.717) is 13.0 Å². The summed E-state index contributed by atoms with van der Waals surface area (Å²) in [5, 5.41) is 21.2. The predicted octanol–water partition coefficient (Wildman–Crippen LogP) is 1.14. The lowest BCUT2D eigenvalue weighted by Gasteiger charge is -2.36. The highest BCUT2D eigenvalue weighted by molar-refractivity contribution is 5.66. The van der Waals surface area contributed by atoms with Crippen LogP contribution in [0.2, 0.25) is 0 Å². The van der Waals surface area contributed by atoms with E-state index in [1.54, 1.807) is 0 Å².